The molecule has 0 bridgehead atoms. The van der Waals surface area contributed by atoms with Crippen LogP contribution in [-0.2, 0) is 9.59 Å². The highest BCUT2D eigenvalue weighted by atomic mass is 32.1. The Kier molecular flexibility index (Phi) is 8.70. The van der Waals surface area contributed by atoms with Crippen molar-refractivity contribution in [3.05, 3.63) is 10.6 Å². The summed E-state index contributed by atoms with van der Waals surface area (Å²) in [4.78, 5) is 32.7. The Hall–Kier alpha value is -1.47. The molecule has 1 aliphatic heterocycles. The van der Waals surface area contributed by atoms with E-state index in [4.69, 9.17) is 0 Å². The number of unbranched alkanes of at least 4 members (excludes halogenated alkanes) is 3. The van der Waals surface area contributed by atoms with Crippen molar-refractivity contribution in [3.63, 3.8) is 0 Å². The summed E-state index contributed by atoms with van der Waals surface area (Å²) in [5, 5.41) is 6.65. The second kappa shape index (κ2) is 10.8. The van der Waals surface area contributed by atoms with Crippen molar-refractivity contribution in [1.82, 2.24) is 15.2 Å². The smallest absolute Gasteiger partial charge is 0.243 e. The molecule has 6 nitrogen and oxygen atoms in total. The maximum atomic E-state index is 12.6. The molecule has 152 valence electrons. The van der Waals surface area contributed by atoms with Crippen LogP contribution in [0, 0.1) is 19.8 Å². The standard InChI is InChI=1S/C20H34N4O2S/c1-5-6-7-8-11-21-19(26)17-10-9-12-24(13-17)15(3)18(25)23-20-22-14(2)16(4)27-20/h15,17H,5-13H2,1-4H3,(H,21,26)(H,22,23,25). The van der Waals surface area contributed by atoms with Gasteiger partial charge in [0, 0.05) is 18.0 Å². The predicted octanol–water partition coefficient (Wildman–Crippen LogP) is 3.50. The monoisotopic (exact) mass is 394 g/mol. The van der Waals surface area contributed by atoms with Crippen LogP contribution >= 0.6 is 11.3 Å². The number of hydrogen-bond acceptors (Lipinski definition) is 5. The number of nitrogens with zero attached hydrogens (tertiary/aromatic N) is 2. The Morgan fingerprint density at radius 2 is 2.07 bits per heavy atom. The van der Waals surface area contributed by atoms with E-state index >= 15 is 0 Å². The number of thiazole rings is 1. The molecule has 2 unspecified atom stereocenters. The first-order valence-electron chi connectivity index (χ1n) is 10.2. The third-order valence-electron chi connectivity index (χ3n) is 5.34. The summed E-state index contributed by atoms with van der Waals surface area (Å²) < 4.78 is 0. The minimum Gasteiger partial charge on any atom is -0.356 e. The molecule has 1 aromatic heterocycles. The average molecular weight is 395 g/mol. The number of piperidine rings is 1. The number of amides is 2. The van der Waals surface area contributed by atoms with Crippen LogP contribution in [0.2, 0.25) is 0 Å². The molecule has 2 rings (SSSR count). The summed E-state index contributed by atoms with van der Waals surface area (Å²) >= 11 is 1.50. The summed E-state index contributed by atoms with van der Waals surface area (Å²) in [7, 11) is 0. The fourth-order valence-corrected chi connectivity index (χ4v) is 4.20. The lowest BCUT2D eigenvalue weighted by Crippen LogP contribution is -2.50. The highest BCUT2D eigenvalue weighted by molar-refractivity contribution is 7.15. The van der Waals surface area contributed by atoms with Gasteiger partial charge in [0.05, 0.1) is 17.7 Å². The Morgan fingerprint density at radius 3 is 2.74 bits per heavy atom. The molecule has 0 spiro atoms. The zero-order chi connectivity index (χ0) is 19.8. The Morgan fingerprint density at radius 1 is 1.30 bits per heavy atom. The van der Waals surface area contributed by atoms with Crippen molar-refractivity contribution in [1.29, 1.82) is 0 Å². The molecular weight excluding hydrogens is 360 g/mol. The van der Waals surface area contributed by atoms with Crippen LogP contribution in [0.1, 0.15) is 62.9 Å². The summed E-state index contributed by atoms with van der Waals surface area (Å²) in [5.41, 5.74) is 0.955. The van der Waals surface area contributed by atoms with E-state index < -0.39 is 0 Å². The van der Waals surface area contributed by atoms with Gasteiger partial charge in [-0.1, -0.05) is 26.2 Å². The Bertz CT molecular complexity index is 612. The molecule has 1 aliphatic rings. The largest absolute Gasteiger partial charge is 0.356 e. The lowest BCUT2D eigenvalue weighted by Gasteiger charge is -2.35. The minimum atomic E-state index is -0.269. The molecule has 2 atom stereocenters. The second-order valence-corrected chi connectivity index (χ2v) is 8.71. The number of aromatic nitrogens is 1. The number of likely N-dealkylation sites (tertiary alicyclic amines) is 1. The van der Waals surface area contributed by atoms with E-state index in [-0.39, 0.29) is 23.8 Å². The summed E-state index contributed by atoms with van der Waals surface area (Å²) in [6.07, 6.45) is 6.48. The van der Waals surface area contributed by atoms with Crippen molar-refractivity contribution in [2.45, 2.75) is 72.3 Å². The average Bonchev–Trinajstić information content (AvgIpc) is 2.97. The van der Waals surface area contributed by atoms with Gasteiger partial charge in [-0.25, -0.2) is 4.98 Å². The third-order valence-corrected chi connectivity index (χ3v) is 6.33. The molecular formula is C20H34N4O2S. The van der Waals surface area contributed by atoms with Crippen LogP contribution < -0.4 is 10.6 Å². The van der Waals surface area contributed by atoms with Crippen LogP contribution in [0.15, 0.2) is 0 Å². The summed E-state index contributed by atoms with van der Waals surface area (Å²) in [6, 6.07) is -0.269. The predicted molar refractivity (Wildman–Crippen MR) is 111 cm³/mol. The number of carbonyl (C=O) groups excluding carboxylic acids is 2. The number of aryl methyl sites for hydroxylation is 2. The maximum Gasteiger partial charge on any atom is 0.243 e. The van der Waals surface area contributed by atoms with Crippen molar-refractivity contribution < 1.29 is 9.59 Å². The first-order chi connectivity index (χ1) is 12.9. The molecule has 1 aromatic rings. The van der Waals surface area contributed by atoms with Gasteiger partial charge in [-0.05, 0) is 46.6 Å². The number of anilines is 1. The molecule has 1 fully saturated rings. The Balaban J connectivity index is 1.81. The molecule has 0 aromatic carbocycles. The van der Waals surface area contributed by atoms with Crippen LogP contribution in [0.5, 0.6) is 0 Å². The SMILES string of the molecule is CCCCCCNC(=O)C1CCCN(C(C)C(=O)Nc2nc(C)c(C)s2)C1. The molecule has 0 radical (unpaired) electrons. The van der Waals surface area contributed by atoms with E-state index in [1.165, 1.54) is 30.6 Å². The number of rotatable bonds is 9. The van der Waals surface area contributed by atoms with Crippen molar-refractivity contribution in [2.75, 3.05) is 25.0 Å². The van der Waals surface area contributed by atoms with Gasteiger partial charge in [0.25, 0.3) is 0 Å². The van der Waals surface area contributed by atoms with Crippen molar-refractivity contribution in [2.24, 2.45) is 5.92 Å². The first kappa shape index (κ1) is 21.8. The van der Waals surface area contributed by atoms with Crippen LogP contribution in [0.4, 0.5) is 5.13 Å². The van der Waals surface area contributed by atoms with Gasteiger partial charge in [0.1, 0.15) is 0 Å². The van der Waals surface area contributed by atoms with E-state index in [2.05, 4.69) is 27.4 Å². The number of carbonyl (C=O) groups is 2. The van der Waals surface area contributed by atoms with Gasteiger partial charge in [0.2, 0.25) is 11.8 Å². The second-order valence-electron chi connectivity index (χ2n) is 7.51. The lowest BCUT2D eigenvalue weighted by atomic mass is 9.95. The summed E-state index contributed by atoms with van der Waals surface area (Å²) in [5.74, 6) is 0.0591. The molecule has 27 heavy (non-hydrogen) atoms. The molecule has 2 N–H and O–H groups in total. The van der Waals surface area contributed by atoms with Crippen LogP contribution in [-0.4, -0.2) is 47.4 Å². The molecule has 0 aliphatic carbocycles. The van der Waals surface area contributed by atoms with Crippen LogP contribution in [0.25, 0.3) is 0 Å². The van der Waals surface area contributed by atoms with E-state index in [0.717, 1.165) is 42.9 Å². The van der Waals surface area contributed by atoms with Crippen molar-refractivity contribution in [3.8, 4) is 0 Å². The van der Waals surface area contributed by atoms with Gasteiger partial charge >= 0.3 is 0 Å². The van der Waals surface area contributed by atoms with Gasteiger partial charge in [0.15, 0.2) is 5.13 Å². The van der Waals surface area contributed by atoms with Gasteiger partial charge < -0.3 is 10.6 Å². The molecule has 2 amide bonds. The van der Waals surface area contributed by atoms with Gasteiger partial charge in [-0.3, -0.25) is 14.5 Å². The number of hydrogen-bond donors (Lipinski definition) is 2. The van der Waals surface area contributed by atoms with E-state index in [1.54, 1.807) is 0 Å². The highest BCUT2D eigenvalue weighted by Gasteiger charge is 2.31. The van der Waals surface area contributed by atoms with Gasteiger partial charge in [-0.15, -0.1) is 11.3 Å². The van der Waals surface area contributed by atoms with Gasteiger partial charge in [-0.2, -0.15) is 0 Å². The highest BCUT2D eigenvalue weighted by Crippen LogP contribution is 2.23. The van der Waals surface area contributed by atoms with E-state index in [9.17, 15) is 9.59 Å². The maximum absolute atomic E-state index is 12.6. The topological polar surface area (TPSA) is 74.3 Å². The van der Waals surface area contributed by atoms with Crippen molar-refractivity contribution >= 4 is 28.3 Å². The molecule has 0 saturated carbocycles. The minimum absolute atomic E-state index is 0.0236. The first-order valence-corrected chi connectivity index (χ1v) is 11.0. The zero-order valence-corrected chi connectivity index (χ0v) is 18.0. The van der Waals surface area contributed by atoms with E-state index in [1.807, 2.05) is 20.8 Å². The van der Waals surface area contributed by atoms with E-state index in [0.29, 0.717) is 11.7 Å². The fraction of sp³-hybridized carbons (Fsp3) is 0.750. The zero-order valence-electron chi connectivity index (χ0n) is 17.1. The quantitative estimate of drug-likeness (QED) is 0.629. The molecule has 7 heteroatoms. The lowest BCUT2D eigenvalue weighted by molar-refractivity contribution is -0.129. The van der Waals surface area contributed by atoms with Crippen LogP contribution in [0.3, 0.4) is 0 Å². The molecule has 1 saturated heterocycles. The summed E-state index contributed by atoms with van der Waals surface area (Å²) in [6.45, 7) is 10.3. The molecule has 2 heterocycles. The normalized spacial score (nSPS) is 18.9. The fourth-order valence-electron chi connectivity index (χ4n) is 3.38. The third kappa shape index (κ3) is 6.57. The number of nitrogens with one attached hydrogen (secondary N) is 2. The Labute approximate surface area is 167 Å².